The van der Waals surface area contributed by atoms with Crippen molar-refractivity contribution in [2.45, 2.75) is 33.4 Å². The van der Waals surface area contributed by atoms with Crippen molar-refractivity contribution in [2.75, 3.05) is 26.4 Å². The van der Waals surface area contributed by atoms with Gasteiger partial charge in [-0.05, 0) is 44.0 Å². The molecular weight excluding hydrogens is 384 g/mol. The summed E-state index contributed by atoms with van der Waals surface area (Å²) < 4.78 is 16.9. The SMILES string of the molecule is CCNC(=NCc1ccc(C)cc1OCC1CCOC1)NCc1ccc(C(N)=O)o1. The molecule has 0 bridgehead atoms. The lowest BCUT2D eigenvalue weighted by molar-refractivity contribution is 0.0972. The van der Waals surface area contributed by atoms with Crippen LogP contribution in [-0.4, -0.2) is 38.2 Å². The molecule has 1 atom stereocenters. The second-order valence-electron chi connectivity index (χ2n) is 7.33. The van der Waals surface area contributed by atoms with E-state index in [1.807, 2.05) is 13.8 Å². The molecule has 3 rings (SSSR count). The number of benzene rings is 1. The monoisotopic (exact) mass is 414 g/mol. The summed E-state index contributed by atoms with van der Waals surface area (Å²) in [6, 6.07) is 9.44. The first-order valence-electron chi connectivity index (χ1n) is 10.3. The van der Waals surface area contributed by atoms with Crippen molar-refractivity contribution in [2.24, 2.45) is 16.6 Å². The average Bonchev–Trinajstić information content (AvgIpc) is 3.41. The van der Waals surface area contributed by atoms with Crippen LogP contribution in [0.2, 0.25) is 0 Å². The summed E-state index contributed by atoms with van der Waals surface area (Å²) in [4.78, 5) is 15.8. The number of primary amides is 1. The molecule has 0 saturated carbocycles. The van der Waals surface area contributed by atoms with Crippen molar-refractivity contribution in [3.8, 4) is 5.75 Å². The number of aliphatic imine (C=N–C) groups is 1. The Hall–Kier alpha value is -3.00. The number of carbonyl (C=O) groups is 1. The molecule has 0 aliphatic carbocycles. The lowest BCUT2D eigenvalue weighted by Crippen LogP contribution is -2.36. The highest BCUT2D eigenvalue weighted by Crippen LogP contribution is 2.23. The van der Waals surface area contributed by atoms with E-state index in [1.54, 1.807) is 12.1 Å². The van der Waals surface area contributed by atoms with Crippen molar-refractivity contribution in [1.82, 2.24) is 10.6 Å². The van der Waals surface area contributed by atoms with E-state index in [0.29, 0.717) is 37.3 Å². The number of ether oxygens (including phenoxy) is 2. The highest BCUT2D eigenvalue weighted by Gasteiger charge is 2.17. The number of amides is 1. The fourth-order valence-electron chi connectivity index (χ4n) is 3.13. The molecule has 1 saturated heterocycles. The Morgan fingerprint density at radius 2 is 2.17 bits per heavy atom. The van der Waals surface area contributed by atoms with Crippen molar-refractivity contribution < 1.29 is 18.7 Å². The normalized spacial score (nSPS) is 16.5. The maximum Gasteiger partial charge on any atom is 0.284 e. The smallest absolute Gasteiger partial charge is 0.284 e. The van der Waals surface area contributed by atoms with Gasteiger partial charge in [0.05, 0.1) is 26.3 Å². The van der Waals surface area contributed by atoms with Gasteiger partial charge in [0.2, 0.25) is 0 Å². The van der Waals surface area contributed by atoms with Crippen LogP contribution < -0.4 is 21.1 Å². The molecule has 0 spiro atoms. The molecule has 8 heteroatoms. The summed E-state index contributed by atoms with van der Waals surface area (Å²) in [5.74, 6) is 2.11. The number of hydrogen-bond acceptors (Lipinski definition) is 5. The molecule has 1 amide bonds. The third-order valence-electron chi connectivity index (χ3n) is 4.81. The number of nitrogens with zero attached hydrogens (tertiary/aromatic N) is 1. The van der Waals surface area contributed by atoms with Gasteiger partial charge in [0.15, 0.2) is 11.7 Å². The predicted molar refractivity (Wildman–Crippen MR) is 114 cm³/mol. The Bertz CT molecular complexity index is 872. The molecule has 162 valence electrons. The molecule has 0 radical (unpaired) electrons. The van der Waals surface area contributed by atoms with Gasteiger partial charge >= 0.3 is 0 Å². The van der Waals surface area contributed by atoms with Crippen LogP contribution in [0.1, 0.15) is 40.8 Å². The van der Waals surface area contributed by atoms with E-state index < -0.39 is 5.91 Å². The first kappa shape index (κ1) is 21.7. The van der Waals surface area contributed by atoms with Crippen molar-refractivity contribution >= 4 is 11.9 Å². The largest absolute Gasteiger partial charge is 0.493 e. The van der Waals surface area contributed by atoms with Gasteiger partial charge in [-0.2, -0.15) is 0 Å². The zero-order valence-corrected chi connectivity index (χ0v) is 17.6. The molecule has 1 fully saturated rings. The number of aryl methyl sites for hydroxylation is 1. The van der Waals surface area contributed by atoms with Crippen LogP contribution in [0.15, 0.2) is 39.7 Å². The van der Waals surface area contributed by atoms with Crippen molar-refractivity contribution in [1.29, 1.82) is 0 Å². The summed E-state index contributed by atoms with van der Waals surface area (Å²) >= 11 is 0. The second kappa shape index (κ2) is 10.7. The van der Waals surface area contributed by atoms with E-state index >= 15 is 0 Å². The molecule has 8 nitrogen and oxygen atoms in total. The fourth-order valence-corrected chi connectivity index (χ4v) is 3.13. The van der Waals surface area contributed by atoms with E-state index in [2.05, 4.69) is 33.8 Å². The number of nitrogens with one attached hydrogen (secondary N) is 2. The summed E-state index contributed by atoms with van der Waals surface area (Å²) in [5, 5.41) is 6.41. The van der Waals surface area contributed by atoms with Gasteiger partial charge in [0.25, 0.3) is 5.91 Å². The molecule has 1 aliphatic heterocycles. The maximum atomic E-state index is 11.2. The Morgan fingerprint density at radius 3 is 2.87 bits per heavy atom. The first-order chi connectivity index (χ1) is 14.5. The van der Waals surface area contributed by atoms with E-state index in [0.717, 1.165) is 43.1 Å². The van der Waals surface area contributed by atoms with Crippen molar-refractivity contribution in [3.05, 3.63) is 53.0 Å². The Balaban J connectivity index is 1.63. The number of furan rings is 1. The van der Waals surface area contributed by atoms with Crippen LogP contribution in [0.5, 0.6) is 5.75 Å². The van der Waals surface area contributed by atoms with Gasteiger partial charge in [0, 0.05) is 24.6 Å². The topological polar surface area (TPSA) is 111 Å². The standard InChI is InChI=1S/C22H30N4O4/c1-3-24-22(26-12-18-6-7-19(30-18)21(23)27)25-11-17-5-4-15(2)10-20(17)29-14-16-8-9-28-13-16/h4-7,10,16H,3,8-9,11-14H2,1-2H3,(H2,23,27)(H2,24,25,26). The molecule has 2 heterocycles. The Morgan fingerprint density at radius 1 is 1.30 bits per heavy atom. The number of guanidine groups is 1. The lowest BCUT2D eigenvalue weighted by atomic mass is 10.1. The number of hydrogen-bond donors (Lipinski definition) is 3. The quantitative estimate of drug-likeness (QED) is 0.429. The van der Waals surface area contributed by atoms with Crippen LogP contribution in [0.4, 0.5) is 0 Å². The van der Waals surface area contributed by atoms with Crippen LogP contribution in [0, 0.1) is 12.8 Å². The van der Waals surface area contributed by atoms with Gasteiger partial charge in [-0.15, -0.1) is 0 Å². The Kier molecular flexibility index (Phi) is 7.73. The molecule has 30 heavy (non-hydrogen) atoms. The number of nitrogens with two attached hydrogens (primary N) is 1. The molecular formula is C22H30N4O4. The summed E-state index contributed by atoms with van der Waals surface area (Å²) in [6.07, 6.45) is 1.04. The maximum absolute atomic E-state index is 11.2. The molecule has 1 aromatic heterocycles. The van der Waals surface area contributed by atoms with Gasteiger partial charge in [-0.1, -0.05) is 12.1 Å². The van der Waals surface area contributed by atoms with Crippen LogP contribution in [-0.2, 0) is 17.8 Å². The third kappa shape index (κ3) is 6.25. The first-order valence-corrected chi connectivity index (χ1v) is 10.3. The molecule has 2 aromatic rings. The molecule has 1 aromatic carbocycles. The summed E-state index contributed by atoms with van der Waals surface area (Å²) in [5.41, 5.74) is 7.39. The van der Waals surface area contributed by atoms with Gasteiger partial charge < -0.3 is 30.3 Å². The van der Waals surface area contributed by atoms with Crippen LogP contribution in [0.25, 0.3) is 0 Å². The zero-order chi connectivity index (χ0) is 21.3. The molecule has 4 N–H and O–H groups in total. The van der Waals surface area contributed by atoms with Gasteiger partial charge in [-0.3, -0.25) is 4.79 Å². The lowest BCUT2D eigenvalue weighted by Gasteiger charge is -2.15. The van der Waals surface area contributed by atoms with Crippen molar-refractivity contribution in [3.63, 3.8) is 0 Å². The molecule has 1 aliphatic rings. The summed E-state index contributed by atoms with van der Waals surface area (Å²) in [6.45, 7) is 7.85. The van der Waals surface area contributed by atoms with Crippen LogP contribution >= 0.6 is 0 Å². The zero-order valence-electron chi connectivity index (χ0n) is 17.6. The van der Waals surface area contributed by atoms with E-state index in [1.165, 1.54) is 0 Å². The summed E-state index contributed by atoms with van der Waals surface area (Å²) in [7, 11) is 0. The van der Waals surface area contributed by atoms with Crippen LogP contribution in [0.3, 0.4) is 0 Å². The third-order valence-corrected chi connectivity index (χ3v) is 4.81. The highest BCUT2D eigenvalue weighted by atomic mass is 16.5. The fraction of sp³-hybridized carbons (Fsp3) is 0.455. The molecule has 1 unspecified atom stereocenters. The van der Waals surface area contributed by atoms with E-state index in [4.69, 9.17) is 19.6 Å². The highest BCUT2D eigenvalue weighted by molar-refractivity contribution is 5.89. The second-order valence-corrected chi connectivity index (χ2v) is 7.33. The van der Waals surface area contributed by atoms with E-state index in [9.17, 15) is 4.79 Å². The van der Waals surface area contributed by atoms with E-state index in [-0.39, 0.29) is 5.76 Å². The van der Waals surface area contributed by atoms with Gasteiger partial charge in [-0.25, -0.2) is 4.99 Å². The average molecular weight is 415 g/mol. The Labute approximate surface area is 176 Å². The minimum Gasteiger partial charge on any atom is -0.493 e. The number of rotatable bonds is 9. The minimum absolute atomic E-state index is 0.142. The minimum atomic E-state index is -0.585. The number of carbonyl (C=O) groups excluding carboxylic acids is 1. The predicted octanol–water partition coefficient (Wildman–Crippen LogP) is 2.36. The van der Waals surface area contributed by atoms with Gasteiger partial charge in [0.1, 0.15) is 11.5 Å².